The fourth-order valence-corrected chi connectivity index (χ4v) is 7.09. The van der Waals surface area contributed by atoms with Gasteiger partial charge in [-0.3, -0.25) is 9.59 Å². The number of benzene rings is 2. The minimum Gasteiger partial charge on any atom is -0.377 e. The molecule has 2 aromatic carbocycles. The van der Waals surface area contributed by atoms with E-state index in [0.29, 0.717) is 0 Å². The van der Waals surface area contributed by atoms with Crippen molar-refractivity contribution in [2.45, 2.75) is 49.6 Å². The van der Waals surface area contributed by atoms with E-state index in [1.54, 1.807) is 24.3 Å². The van der Waals surface area contributed by atoms with Gasteiger partial charge in [-0.2, -0.15) is 9.44 Å². The number of ether oxygens (including phenoxy) is 4. The second kappa shape index (κ2) is 19.3. The van der Waals surface area contributed by atoms with Crippen molar-refractivity contribution in [1.82, 2.24) is 19.2 Å². The van der Waals surface area contributed by atoms with Crippen LogP contribution in [-0.2, 0) is 48.6 Å². The molecule has 2 aromatic rings. The van der Waals surface area contributed by atoms with Gasteiger partial charge in [0.25, 0.3) is 0 Å². The third kappa shape index (κ3) is 12.8. The van der Waals surface area contributed by atoms with Crippen LogP contribution in [0.25, 0.3) is 0 Å². The monoisotopic (exact) mass is 712 g/mol. The molecule has 1 heterocycles. The van der Waals surface area contributed by atoms with E-state index in [1.165, 1.54) is 47.9 Å². The lowest BCUT2D eigenvalue weighted by Gasteiger charge is -2.27. The zero-order valence-corrected chi connectivity index (χ0v) is 29.7. The van der Waals surface area contributed by atoms with Crippen molar-refractivity contribution in [1.29, 1.82) is 0 Å². The van der Waals surface area contributed by atoms with Crippen molar-refractivity contribution in [3.05, 3.63) is 59.7 Å². The summed E-state index contributed by atoms with van der Waals surface area (Å²) in [5.74, 6) is -0.833. The first-order chi connectivity index (χ1) is 22.8. The Hall–Kier alpha value is -2.96. The molecule has 1 aliphatic heterocycles. The standard InChI is InChI=1S/C32H48N4O10S2/c1-25-5-9-29(10-6-25)47(39,40)33-27(3)31(37)35-13-17-43-21-23-45-19-15-36(16-20-46-24-22-44-18-14-35)32(38)28(4)34-48(41,42)30-11-7-26(2)8-12-30/h5-12,27-28,33-34H,13-24H2,1-4H3/t27-,28+. The molecule has 1 saturated heterocycles. The molecule has 0 aromatic heterocycles. The molecule has 0 unspecified atom stereocenters. The van der Waals surface area contributed by atoms with E-state index in [0.717, 1.165) is 11.1 Å². The molecule has 0 aliphatic carbocycles. The van der Waals surface area contributed by atoms with Crippen LogP contribution in [0, 0.1) is 13.8 Å². The Bertz CT molecular complexity index is 1390. The molecule has 2 N–H and O–H groups in total. The summed E-state index contributed by atoms with van der Waals surface area (Å²) in [5, 5.41) is 0. The third-order valence-electron chi connectivity index (χ3n) is 7.46. The summed E-state index contributed by atoms with van der Waals surface area (Å²) in [6.45, 7) is 9.11. The number of nitrogens with one attached hydrogen (secondary N) is 2. The van der Waals surface area contributed by atoms with Gasteiger partial charge in [0.1, 0.15) is 0 Å². The van der Waals surface area contributed by atoms with E-state index in [2.05, 4.69) is 9.44 Å². The minimum absolute atomic E-state index is 0.0730. The van der Waals surface area contributed by atoms with Crippen LogP contribution in [0.4, 0.5) is 0 Å². The summed E-state index contributed by atoms with van der Waals surface area (Å²) in [7, 11) is -7.81. The van der Waals surface area contributed by atoms with E-state index in [-0.39, 0.29) is 88.8 Å². The Kier molecular flexibility index (Phi) is 15.9. The fourth-order valence-electron chi connectivity index (χ4n) is 4.69. The van der Waals surface area contributed by atoms with E-state index in [1.807, 2.05) is 13.8 Å². The van der Waals surface area contributed by atoms with E-state index < -0.39 is 43.9 Å². The lowest BCUT2D eigenvalue weighted by atomic mass is 10.2. The first-order valence-corrected chi connectivity index (χ1v) is 18.8. The van der Waals surface area contributed by atoms with E-state index in [9.17, 15) is 26.4 Å². The Labute approximate surface area is 284 Å². The Morgan fingerprint density at radius 2 is 0.812 bits per heavy atom. The normalized spacial score (nSPS) is 18.3. The molecule has 0 spiro atoms. The maximum absolute atomic E-state index is 13.2. The van der Waals surface area contributed by atoms with E-state index in [4.69, 9.17) is 18.9 Å². The average Bonchev–Trinajstić information content (AvgIpc) is 3.04. The van der Waals surface area contributed by atoms with Crippen LogP contribution in [0.3, 0.4) is 0 Å². The second-order valence-corrected chi connectivity index (χ2v) is 14.8. The van der Waals surface area contributed by atoms with Crippen LogP contribution in [0.15, 0.2) is 58.3 Å². The molecule has 48 heavy (non-hydrogen) atoms. The van der Waals surface area contributed by atoms with Gasteiger partial charge >= 0.3 is 0 Å². The fraction of sp³-hybridized carbons (Fsp3) is 0.562. The van der Waals surface area contributed by atoms with Crippen molar-refractivity contribution in [3.63, 3.8) is 0 Å². The van der Waals surface area contributed by atoms with Crippen LogP contribution in [0.5, 0.6) is 0 Å². The largest absolute Gasteiger partial charge is 0.377 e. The van der Waals surface area contributed by atoms with Gasteiger partial charge in [0.05, 0.1) is 74.7 Å². The summed E-state index contributed by atoms with van der Waals surface area (Å²) in [6.07, 6.45) is 0. The Morgan fingerprint density at radius 1 is 0.542 bits per heavy atom. The highest BCUT2D eigenvalue weighted by Crippen LogP contribution is 2.13. The van der Waals surface area contributed by atoms with Crippen molar-refractivity contribution in [3.8, 4) is 0 Å². The van der Waals surface area contributed by atoms with Crippen LogP contribution in [-0.4, -0.2) is 130 Å². The molecule has 2 amide bonds. The molecule has 2 atom stereocenters. The predicted octanol–water partition coefficient (Wildman–Crippen LogP) is 1.07. The predicted molar refractivity (Wildman–Crippen MR) is 178 cm³/mol. The number of rotatable bonds is 8. The highest BCUT2D eigenvalue weighted by molar-refractivity contribution is 7.89. The van der Waals surface area contributed by atoms with Gasteiger partial charge in [0.15, 0.2) is 0 Å². The van der Waals surface area contributed by atoms with Gasteiger partial charge in [-0.05, 0) is 52.0 Å². The smallest absolute Gasteiger partial charge is 0.241 e. The maximum Gasteiger partial charge on any atom is 0.241 e. The van der Waals surface area contributed by atoms with Gasteiger partial charge in [-0.25, -0.2) is 16.8 Å². The number of hydrogen-bond donors (Lipinski definition) is 2. The van der Waals surface area contributed by atoms with Crippen LogP contribution < -0.4 is 9.44 Å². The van der Waals surface area contributed by atoms with Gasteiger partial charge < -0.3 is 28.7 Å². The SMILES string of the molecule is Cc1ccc(S(=O)(=O)N[C@@H](C)C(=O)N2CCOCCOCCN(C(=O)[C@@H](C)NS(=O)(=O)c3ccc(C)cc3)CCOCCOCC2)cc1. The zero-order chi connectivity index (χ0) is 35.2. The topological polar surface area (TPSA) is 170 Å². The molecule has 0 saturated carbocycles. The lowest BCUT2D eigenvalue weighted by molar-refractivity contribution is -0.135. The molecule has 0 bridgehead atoms. The van der Waals surface area contributed by atoms with Crippen LogP contribution in [0.2, 0.25) is 0 Å². The number of nitrogens with zero attached hydrogens (tertiary/aromatic N) is 2. The van der Waals surface area contributed by atoms with Gasteiger partial charge in [-0.1, -0.05) is 35.4 Å². The molecule has 268 valence electrons. The number of carbonyl (C=O) groups excluding carboxylic acids is 2. The van der Waals surface area contributed by atoms with Crippen LogP contribution >= 0.6 is 0 Å². The van der Waals surface area contributed by atoms with Gasteiger partial charge in [0.2, 0.25) is 31.9 Å². The molecule has 0 radical (unpaired) electrons. The van der Waals surface area contributed by atoms with Gasteiger partial charge in [-0.15, -0.1) is 0 Å². The van der Waals surface area contributed by atoms with Crippen molar-refractivity contribution < 1.29 is 45.4 Å². The van der Waals surface area contributed by atoms with Crippen molar-refractivity contribution in [2.24, 2.45) is 0 Å². The highest BCUT2D eigenvalue weighted by atomic mass is 32.2. The number of sulfonamides is 2. The highest BCUT2D eigenvalue weighted by Gasteiger charge is 2.27. The first kappa shape index (κ1) is 39.5. The maximum atomic E-state index is 13.2. The summed E-state index contributed by atoms with van der Waals surface area (Å²) in [6, 6.07) is 10.7. The molecule has 1 fully saturated rings. The van der Waals surface area contributed by atoms with Gasteiger partial charge in [0, 0.05) is 26.2 Å². The molecule has 14 nitrogen and oxygen atoms in total. The Balaban J connectivity index is 1.52. The van der Waals surface area contributed by atoms with Crippen LogP contribution in [0.1, 0.15) is 25.0 Å². The molecule has 1 aliphatic rings. The first-order valence-electron chi connectivity index (χ1n) is 15.9. The molecular formula is C32H48N4O10S2. The molecule has 16 heteroatoms. The summed E-state index contributed by atoms with van der Waals surface area (Å²) in [5.41, 5.74) is 1.84. The van der Waals surface area contributed by atoms with E-state index >= 15 is 0 Å². The summed E-state index contributed by atoms with van der Waals surface area (Å²) >= 11 is 0. The lowest BCUT2D eigenvalue weighted by Crippen LogP contribution is -2.49. The number of carbonyl (C=O) groups is 2. The quantitative estimate of drug-likeness (QED) is 0.404. The number of aryl methyl sites for hydroxylation is 2. The third-order valence-corrected chi connectivity index (χ3v) is 10.6. The molecule has 3 rings (SSSR count). The summed E-state index contributed by atoms with van der Waals surface area (Å²) < 4.78 is 78.9. The molecular weight excluding hydrogens is 665 g/mol. The average molecular weight is 713 g/mol. The Morgan fingerprint density at radius 3 is 1.08 bits per heavy atom. The second-order valence-electron chi connectivity index (χ2n) is 11.4. The summed E-state index contributed by atoms with van der Waals surface area (Å²) in [4.78, 5) is 29.6. The number of amides is 2. The zero-order valence-electron chi connectivity index (χ0n) is 28.1. The number of hydrogen-bond acceptors (Lipinski definition) is 10. The van der Waals surface area contributed by atoms with Crippen molar-refractivity contribution >= 4 is 31.9 Å². The minimum atomic E-state index is -3.91. The van der Waals surface area contributed by atoms with Crippen molar-refractivity contribution in [2.75, 3.05) is 79.0 Å².